The Kier molecular flexibility index (Phi) is 4.97. The highest BCUT2D eigenvalue weighted by Crippen LogP contribution is 2.36. The molecule has 8 heteroatoms. The second kappa shape index (κ2) is 7.94. The number of H-pyrrole nitrogens is 1. The molecule has 3 aromatic heterocycles. The van der Waals surface area contributed by atoms with Gasteiger partial charge in [-0.3, -0.25) is 0 Å². The largest absolute Gasteiger partial charge is 0.455 e. The van der Waals surface area contributed by atoms with E-state index < -0.39 is 0 Å². The fourth-order valence-electron chi connectivity index (χ4n) is 3.69. The van der Waals surface area contributed by atoms with Crippen molar-refractivity contribution in [2.24, 2.45) is 0 Å². The van der Waals surface area contributed by atoms with E-state index in [-0.39, 0.29) is 6.61 Å². The van der Waals surface area contributed by atoms with E-state index in [1.165, 1.54) is 6.33 Å². The first-order valence-electron chi connectivity index (χ1n) is 9.86. The van der Waals surface area contributed by atoms with E-state index in [0.717, 1.165) is 39.1 Å². The van der Waals surface area contributed by atoms with Crippen molar-refractivity contribution in [3.05, 3.63) is 71.8 Å². The maximum Gasteiger partial charge on any atom is 0.158 e. The monoisotopic (exact) mass is 433 g/mol. The van der Waals surface area contributed by atoms with E-state index in [2.05, 4.69) is 26.3 Å². The Morgan fingerprint density at radius 3 is 2.87 bits per heavy atom. The first-order valence-corrected chi connectivity index (χ1v) is 10.2. The number of halogens is 1. The summed E-state index contributed by atoms with van der Waals surface area (Å²) in [7, 11) is 0. The van der Waals surface area contributed by atoms with E-state index in [9.17, 15) is 5.11 Å². The number of nitrogens with zero attached hydrogens (tertiary/aromatic N) is 3. The average molecular weight is 434 g/mol. The minimum atomic E-state index is 0.0312. The molecule has 2 aromatic carbocycles. The summed E-state index contributed by atoms with van der Waals surface area (Å²) in [6.07, 6.45) is 3.39. The Morgan fingerprint density at radius 1 is 1.13 bits per heavy atom. The molecule has 5 rings (SSSR count). The van der Waals surface area contributed by atoms with Crippen molar-refractivity contribution in [3.63, 3.8) is 0 Å². The number of nitrogens with one attached hydrogen (secondary N) is 2. The van der Waals surface area contributed by atoms with Gasteiger partial charge >= 0.3 is 0 Å². The van der Waals surface area contributed by atoms with E-state index >= 15 is 0 Å². The molecule has 156 valence electrons. The van der Waals surface area contributed by atoms with Crippen LogP contribution in [0.25, 0.3) is 21.9 Å². The van der Waals surface area contributed by atoms with Crippen LogP contribution >= 0.6 is 11.6 Å². The fourth-order valence-corrected chi connectivity index (χ4v) is 3.91. The molecular weight excluding hydrogens is 414 g/mol. The normalized spacial score (nSPS) is 11.3. The topological polar surface area (TPSA) is 88.0 Å². The number of aromatic nitrogens is 4. The average Bonchev–Trinajstić information content (AvgIpc) is 3.34. The third-order valence-electron chi connectivity index (χ3n) is 5.06. The predicted octanol–water partition coefficient (Wildman–Crippen LogP) is 5.40. The van der Waals surface area contributed by atoms with Gasteiger partial charge in [0.1, 0.15) is 23.3 Å². The molecule has 0 aliphatic heterocycles. The number of rotatable bonds is 6. The molecule has 0 radical (unpaired) electrons. The van der Waals surface area contributed by atoms with Crippen molar-refractivity contribution in [1.29, 1.82) is 0 Å². The summed E-state index contributed by atoms with van der Waals surface area (Å²) in [5.41, 5.74) is 4.47. The fraction of sp³-hybridized carbons (Fsp3) is 0.130. The van der Waals surface area contributed by atoms with E-state index in [0.29, 0.717) is 23.1 Å². The summed E-state index contributed by atoms with van der Waals surface area (Å²) in [5, 5.41) is 14.1. The molecule has 0 unspecified atom stereocenters. The summed E-state index contributed by atoms with van der Waals surface area (Å²) in [6.45, 7) is 2.50. The zero-order valence-corrected chi connectivity index (χ0v) is 17.5. The molecule has 3 heterocycles. The van der Waals surface area contributed by atoms with Crippen molar-refractivity contribution < 1.29 is 9.84 Å². The summed E-state index contributed by atoms with van der Waals surface area (Å²) in [5.74, 6) is 1.94. The van der Waals surface area contributed by atoms with E-state index in [1.54, 1.807) is 6.07 Å². The number of aliphatic hydroxyl groups is 1. The van der Waals surface area contributed by atoms with Gasteiger partial charge in [-0.15, -0.1) is 0 Å². The lowest BCUT2D eigenvalue weighted by molar-refractivity contribution is 0.278. The Labute approximate surface area is 183 Å². The molecule has 0 aliphatic carbocycles. The number of anilines is 2. The number of benzene rings is 2. The summed E-state index contributed by atoms with van der Waals surface area (Å²) < 4.78 is 8.03. The summed E-state index contributed by atoms with van der Waals surface area (Å²) >= 11 is 6.54. The Morgan fingerprint density at radius 2 is 2.03 bits per heavy atom. The molecule has 0 atom stereocenters. The molecule has 0 saturated carbocycles. The van der Waals surface area contributed by atoms with Gasteiger partial charge < -0.3 is 24.7 Å². The van der Waals surface area contributed by atoms with Gasteiger partial charge in [0.05, 0.1) is 17.1 Å². The number of aliphatic hydroxyl groups excluding tert-OH is 1. The molecule has 7 nitrogen and oxygen atoms in total. The van der Waals surface area contributed by atoms with Crippen molar-refractivity contribution in [3.8, 4) is 11.5 Å². The van der Waals surface area contributed by atoms with Crippen LogP contribution in [0.3, 0.4) is 0 Å². The molecule has 0 fully saturated rings. The summed E-state index contributed by atoms with van der Waals surface area (Å²) in [6, 6.07) is 15.3. The summed E-state index contributed by atoms with van der Waals surface area (Å²) in [4.78, 5) is 12.0. The SMILES string of the molecule is Cc1cc2c(Oc3ccc(Nc4ncnc5ccn(CCO)c45)cc3Cl)cccc2[nH]1. The molecule has 31 heavy (non-hydrogen) atoms. The second-order valence-corrected chi connectivity index (χ2v) is 7.64. The number of aromatic amines is 1. The van der Waals surface area contributed by atoms with Crippen LogP contribution in [-0.4, -0.2) is 31.2 Å². The van der Waals surface area contributed by atoms with Gasteiger partial charge in [0.2, 0.25) is 0 Å². The van der Waals surface area contributed by atoms with Crippen molar-refractivity contribution >= 4 is 45.0 Å². The third kappa shape index (κ3) is 3.69. The number of hydrogen-bond donors (Lipinski definition) is 3. The molecular formula is C23H20ClN5O2. The van der Waals surface area contributed by atoms with Crippen molar-refractivity contribution in [2.45, 2.75) is 13.5 Å². The van der Waals surface area contributed by atoms with Crippen LogP contribution < -0.4 is 10.1 Å². The third-order valence-corrected chi connectivity index (χ3v) is 5.36. The zero-order valence-electron chi connectivity index (χ0n) is 16.8. The van der Waals surface area contributed by atoms with Gasteiger partial charge in [0, 0.05) is 35.0 Å². The minimum Gasteiger partial charge on any atom is -0.455 e. The van der Waals surface area contributed by atoms with Gasteiger partial charge in [-0.25, -0.2) is 9.97 Å². The number of hydrogen-bond acceptors (Lipinski definition) is 5. The highest BCUT2D eigenvalue weighted by Gasteiger charge is 2.12. The van der Waals surface area contributed by atoms with Gasteiger partial charge in [0.15, 0.2) is 5.82 Å². The van der Waals surface area contributed by atoms with Gasteiger partial charge in [-0.05, 0) is 49.4 Å². The molecule has 0 amide bonds. The zero-order chi connectivity index (χ0) is 21.4. The van der Waals surface area contributed by atoms with Gasteiger partial charge in [0.25, 0.3) is 0 Å². The Bertz CT molecular complexity index is 1390. The number of aryl methyl sites for hydroxylation is 1. The Balaban J connectivity index is 1.44. The Hall–Kier alpha value is -3.55. The van der Waals surface area contributed by atoms with E-state index in [4.69, 9.17) is 16.3 Å². The number of fused-ring (bicyclic) bond motifs is 2. The lowest BCUT2D eigenvalue weighted by Gasteiger charge is -2.12. The van der Waals surface area contributed by atoms with Crippen LogP contribution in [0.2, 0.25) is 5.02 Å². The van der Waals surface area contributed by atoms with Crippen LogP contribution in [0.5, 0.6) is 11.5 Å². The van der Waals surface area contributed by atoms with Crippen molar-refractivity contribution in [1.82, 2.24) is 19.5 Å². The van der Waals surface area contributed by atoms with E-state index in [1.807, 2.05) is 54.1 Å². The smallest absolute Gasteiger partial charge is 0.158 e. The maximum absolute atomic E-state index is 9.32. The van der Waals surface area contributed by atoms with Crippen LogP contribution in [0.15, 0.2) is 61.1 Å². The highest BCUT2D eigenvalue weighted by atomic mass is 35.5. The molecule has 0 saturated heterocycles. The highest BCUT2D eigenvalue weighted by molar-refractivity contribution is 6.32. The molecule has 0 aliphatic rings. The molecule has 0 spiro atoms. The first-order chi connectivity index (χ1) is 15.1. The van der Waals surface area contributed by atoms with Crippen LogP contribution in [0.1, 0.15) is 5.69 Å². The van der Waals surface area contributed by atoms with Crippen molar-refractivity contribution in [2.75, 3.05) is 11.9 Å². The molecule has 5 aromatic rings. The van der Waals surface area contributed by atoms with Crippen LogP contribution in [0.4, 0.5) is 11.5 Å². The standard InChI is InChI=1S/C23H20ClN5O2/c1-14-11-16-18(27-14)3-2-4-20(16)31-21-6-5-15(12-17(21)24)28-23-22-19(25-13-26-23)7-8-29(22)9-10-30/h2-8,11-13,27,30H,9-10H2,1H3,(H,25,26,28). The molecule has 3 N–H and O–H groups in total. The predicted molar refractivity (Wildman–Crippen MR) is 122 cm³/mol. The minimum absolute atomic E-state index is 0.0312. The quantitative estimate of drug-likeness (QED) is 0.333. The lowest BCUT2D eigenvalue weighted by atomic mass is 10.2. The van der Waals surface area contributed by atoms with Gasteiger partial charge in [-0.1, -0.05) is 17.7 Å². The lowest BCUT2D eigenvalue weighted by Crippen LogP contribution is -2.04. The van der Waals surface area contributed by atoms with Crippen LogP contribution in [0, 0.1) is 6.92 Å². The first kappa shape index (κ1) is 19.4. The van der Waals surface area contributed by atoms with Crippen LogP contribution in [-0.2, 0) is 6.54 Å². The second-order valence-electron chi connectivity index (χ2n) is 7.23. The number of ether oxygens (including phenoxy) is 1. The molecule has 0 bridgehead atoms. The maximum atomic E-state index is 9.32. The van der Waals surface area contributed by atoms with Gasteiger partial charge in [-0.2, -0.15) is 0 Å².